The fourth-order valence-electron chi connectivity index (χ4n) is 2.37. The quantitative estimate of drug-likeness (QED) is 0.872. The van der Waals surface area contributed by atoms with Crippen molar-refractivity contribution in [2.24, 2.45) is 0 Å². The van der Waals surface area contributed by atoms with E-state index < -0.39 is 0 Å². The molecular formula is C15H14FNO. The Labute approximate surface area is 105 Å². The molecule has 0 saturated carbocycles. The van der Waals surface area contributed by atoms with Crippen LogP contribution in [0.4, 0.5) is 10.1 Å². The molecule has 1 fully saturated rings. The molecular weight excluding hydrogens is 229 g/mol. The molecule has 1 heterocycles. The van der Waals surface area contributed by atoms with E-state index in [1.54, 1.807) is 12.1 Å². The summed E-state index contributed by atoms with van der Waals surface area (Å²) >= 11 is 0. The minimum Gasteiger partial charge on any atom is -0.508 e. The third kappa shape index (κ3) is 1.92. The van der Waals surface area contributed by atoms with E-state index in [4.69, 9.17) is 0 Å². The van der Waals surface area contributed by atoms with Crippen molar-refractivity contribution in [2.45, 2.75) is 12.5 Å². The van der Waals surface area contributed by atoms with Crippen LogP contribution in [0.25, 0.3) is 0 Å². The molecule has 18 heavy (non-hydrogen) atoms. The van der Waals surface area contributed by atoms with Gasteiger partial charge in [0.05, 0.1) is 6.04 Å². The van der Waals surface area contributed by atoms with Crippen LogP contribution in [-0.4, -0.2) is 11.7 Å². The van der Waals surface area contributed by atoms with Crippen molar-refractivity contribution < 1.29 is 9.50 Å². The number of anilines is 1. The monoisotopic (exact) mass is 243 g/mol. The van der Waals surface area contributed by atoms with E-state index >= 15 is 0 Å². The minimum absolute atomic E-state index is 0.208. The van der Waals surface area contributed by atoms with Gasteiger partial charge >= 0.3 is 0 Å². The number of nitrogens with zero attached hydrogens (tertiary/aromatic N) is 1. The lowest BCUT2D eigenvalue weighted by Gasteiger charge is -2.43. The van der Waals surface area contributed by atoms with Gasteiger partial charge in [0.25, 0.3) is 0 Å². The summed E-state index contributed by atoms with van der Waals surface area (Å²) in [6, 6.07) is 14.2. The fraction of sp³-hybridized carbons (Fsp3) is 0.200. The van der Waals surface area contributed by atoms with Crippen molar-refractivity contribution in [1.82, 2.24) is 0 Å². The molecule has 1 N–H and O–H groups in total. The average Bonchev–Trinajstić information content (AvgIpc) is 2.33. The third-order valence-electron chi connectivity index (χ3n) is 3.46. The summed E-state index contributed by atoms with van der Waals surface area (Å²) in [6.07, 6.45) is 1.09. The summed E-state index contributed by atoms with van der Waals surface area (Å²) < 4.78 is 12.9. The molecule has 3 heteroatoms. The highest BCUT2D eigenvalue weighted by atomic mass is 19.1. The molecule has 0 spiro atoms. The Morgan fingerprint density at radius 1 is 1.00 bits per heavy atom. The van der Waals surface area contributed by atoms with Crippen molar-refractivity contribution in [3.8, 4) is 5.75 Å². The SMILES string of the molecule is Oc1ccc(C2CCN2c2ccc(F)cc2)cc1. The van der Waals surface area contributed by atoms with Crippen LogP contribution in [0.1, 0.15) is 18.0 Å². The standard InChI is InChI=1S/C15H14FNO/c16-12-3-5-13(6-4-12)17-10-9-15(17)11-1-7-14(18)8-2-11/h1-8,15,18H,9-10H2. The molecule has 2 aromatic carbocycles. The maximum atomic E-state index is 12.9. The number of hydrogen-bond donors (Lipinski definition) is 1. The highest BCUT2D eigenvalue weighted by Crippen LogP contribution is 2.37. The Hall–Kier alpha value is -2.03. The zero-order valence-corrected chi connectivity index (χ0v) is 9.88. The van der Waals surface area contributed by atoms with Crippen LogP contribution in [-0.2, 0) is 0 Å². The molecule has 1 unspecified atom stereocenters. The van der Waals surface area contributed by atoms with Gasteiger partial charge in [0.1, 0.15) is 11.6 Å². The molecule has 1 atom stereocenters. The number of hydrogen-bond acceptors (Lipinski definition) is 2. The molecule has 0 radical (unpaired) electrons. The number of halogens is 1. The lowest BCUT2D eigenvalue weighted by molar-refractivity contribution is 0.459. The van der Waals surface area contributed by atoms with Gasteiger partial charge in [0, 0.05) is 12.2 Å². The highest BCUT2D eigenvalue weighted by Gasteiger charge is 2.29. The largest absolute Gasteiger partial charge is 0.508 e. The molecule has 3 rings (SSSR count). The average molecular weight is 243 g/mol. The molecule has 2 nitrogen and oxygen atoms in total. The van der Waals surface area contributed by atoms with E-state index in [1.807, 2.05) is 24.3 Å². The van der Waals surface area contributed by atoms with Gasteiger partial charge in [0.15, 0.2) is 0 Å². The summed E-state index contributed by atoms with van der Waals surface area (Å²) in [5.74, 6) is 0.0758. The van der Waals surface area contributed by atoms with E-state index in [2.05, 4.69) is 4.90 Å². The molecule has 92 valence electrons. The van der Waals surface area contributed by atoms with Crippen LogP contribution in [0, 0.1) is 5.82 Å². The van der Waals surface area contributed by atoms with Gasteiger partial charge in [0.2, 0.25) is 0 Å². The fourth-order valence-corrected chi connectivity index (χ4v) is 2.37. The second-order valence-corrected chi connectivity index (χ2v) is 4.57. The Morgan fingerprint density at radius 3 is 2.22 bits per heavy atom. The lowest BCUT2D eigenvalue weighted by atomic mass is 9.94. The van der Waals surface area contributed by atoms with E-state index in [0.717, 1.165) is 18.7 Å². The zero-order chi connectivity index (χ0) is 12.5. The van der Waals surface area contributed by atoms with Crippen LogP contribution >= 0.6 is 0 Å². The van der Waals surface area contributed by atoms with Gasteiger partial charge in [-0.25, -0.2) is 4.39 Å². The molecule has 1 aliphatic heterocycles. The van der Waals surface area contributed by atoms with Crippen LogP contribution in [0.3, 0.4) is 0 Å². The van der Waals surface area contributed by atoms with Gasteiger partial charge in [-0.05, 0) is 48.4 Å². The molecule has 2 aromatic rings. The Bertz CT molecular complexity index is 484. The Morgan fingerprint density at radius 2 is 1.67 bits per heavy atom. The maximum absolute atomic E-state index is 12.9. The maximum Gasteiger partial charge on any atom is 0.123 e. The second-order valence-electron chi connectivity index (χ2n) is 4.57. The van der Waals surface area contributed by atoms with Crippen molar-refractivity contribution in [3.05, 3.63) is 59.9 Å². The van der Waals surface area contributed by atoms with E-state index in [1.165, 1.54) is 17.7 Å². The van der Waals surface area contributed by atoms with Gasteiger partial charge in [-0.2, -0.15) is 0 Å². The Balaban J connectivity index is 1.83. The molecule has 1 saturated heterocycles. The number of phenolic OH excluding ortho intramolecular Hbond substituents is 1. The smallest absolute Gasteiger partial charge is 0.123 e. The van der Waals surface area contributed by atoms with Crippen molar-refractivity contribution in [1.29, 1.82) is 0 Å². The van der Waals surface area contributed by atoms with Crippen LogP contribution in [0.15, 0.2) is 48.5 Å². The summed E-state index contributed by atoms with van der Waals surface area (Å²) in [6.45, 7) is 0.983. The number of rotatable bonds is 2. The van der Waals surface area contributed by atoms with Gasteiger partial charge in [-0.1, -0.05) is 12.1 Å². The van der Waals surface area contributed by atoms with Crippen LogP contribution in [0.2, 0.25) is 0 Å². The topological polar surface area (TPSA) is 23.5 Å². The first kappa shape index (κ1) is 11.1. The van der Waals surface area contributed by atoms with Crippen molar-refractivity contribution >= 4 is 5.69 Å². The van der Waals surface area contributed by atoms with E-state index in [-0.39, 0.29) is 11.6 Å². The third-order valence-corrected chi connectivity index (χ3v) is 3.46. The van der Waals surface area contributed by atoms with Crippen LogP contribution < -0.4 is 4.90 Å². The summed E-state index contributed by atoms with van der Waals surface area (Å²) in [7, 11) is 0. The normalized spacial score (nSPS) is 18.5. The molecule has 1 aliphatic rings. The second kappa shape index (κ2) is 4.33. The van der Waals surface area contributed by atoms with Crippen molar-refractivity contribution in [3.63, 3.8) is 0 Å². The first-order valence-electron chi connectivity index (χ1n) is 6.05. The van der Waals surface area contributed by atoms with Gasteiger partial charge in [-0.3, -0.25) is 0 Å². The van der Waals surface area contributed by atoms with E-state index in [9.17, 15) is 9.50 Å². The highest BCUT2D eigenvalue weighted by molar-refractivity contribution is 5.52. The number of aromatic hydroxyl groups is 1. The molecule has 0 amide bonds. The zero-order valence-electron chi connectivity index (χ0n) is 9.88. The number of benzene rings is 2. The predicted molar refractivity (Wildman–Crippen MR) is 69.2 cm³/mol. The summed E-state index contributed by atoms with van der Waals surface area (Å²) in [5, 5.41) is 9.29. The van der Waals surface area contributed by atoms with Crippen LogP contribution in [0.5, 0.6) is 5.75 Å². The van der Waals surface area contributed by atoms with Gasteiger partial charge < -0.3 is 10.0 Å². The Kier molecular flexibility index (Phi) is 2.67. The number of phenols is 1. The molecule has 0 bridgehead atoms. The lowest BCUT2D eigenvalue weighted by Crippen LogP contribution is -2.40. The molecule has 0 aliphatic carbocycles. The van der Waals surface area contributed by atoms with Gasteiger partial charge in [-0.15, -0.1) is 0 Å². The predicted octanol–water partition coefficient (Wildman–Crippen LogP) is 3.48. The molecule has 0 aromatic heterocycles. The first-order chi connectivity index (χ1) is 8.74. The van der Waals surface area contributed by atoms with E-state index in [0.29, 0.717) is 6.04 Å². The summed E-state index contributed by atoms with van der Waals surface area (Å²) in [5.41, 5.74) is 2.23. The first-order valence-corrected chi connectivity index (χ1v) is 6.05. The summed E-state index contributed by atoms with van der Waals surface area (Å²) in [4.78, 5) is 2.24. The van der Waals surface area contributed by atoms with Crippen molar-refractivity contribution in [2.75, 3.05) is 11.4 Å². The minimum atomic E-state index is -0.208.